The molecule has 0 unspecified atom stereocenters. The molecule has 1 heterocycles. The van der Waals surface area contributed by atoms with Crippen molar-refractivity contribution in [3.8, 4) is 5.75 Å². The molecule has 2 aromatic carbocycles. The minimum Gasteiger partial charge on any atom is -0.508 e. The molecule has 3 rings (SSSR count). The molecule has 2 aromatic rings. The molecule has 1 fully saturated rings. The number of benzene rings is 2. The van der Waals surface area contributed by atoms with E-state index in [9.17, 15) is 9.90 Å². The van der Waals surface area contributed by atoms with E-state index in [-0.39, 0.29) is 11.7 Å². The van der Waals surface area contributed by atoms with Gasteiger partial charge >= 0.3 is 0 Å². The number of phenols is 1. The average molecular weight is 451 g/mol. The van der Waals surface area contributed by atoms with Gasteiger partial charge in [-0.05, 0) is 71.5 Å². The molecular weight excluding hydrogens is 429 g/mol. The number of rotatable bonds is 4. The Labute approximate surface area is 161 Å². The van der Waals surface area contributed by atoms with E-state index in [1.54, 1.807) is 12.1 Å². The Hall–Kier alpha value is -1.80. The number of aryl methyl sites for hydroxylation is 1. The molecule has 1 aliphatic rings. The Kier molecular flexibility index (Phi) is 5.80. The van der Waals surface area contributed by atoms with E-state index >= 15 is 0 Å². The maximum atomic E-state index is 12.3. The third-order valence-corrected chi connectivity index (χ3v) is 5.57. The number of nitrogens with one attached hydrogen (secondary N) is 1. The molecule has 0 radical (unpaired) electrons. The lowest BCUT2D eigenvalue weighted by atomic mass is 10.2. The fourth-order valence-corrected chi connectivity index (χ4v) is 3.42. The van der Waals surface area contributed by atoms with Crippen molar-refractivity contribution < 1.29 is 9.90 Å². The van der Waals surface area contributed by atoms with Crippen LogP contribution in [0, 0.1) is 10.5 Å². The van der Waals surface area contributed by atoms with Gasteiger partial charge in [0.1, 0.15) is 5.75 Å². The molecule has 1 amide bonds. The van der Waals surface area contributed by atoms with E-state index in [4.69, 9.17) is 0 Å². The van der Waals surface area contributed by atoms with Gasteiger partial charge in [-0.2, -0.15) is 0 Å². The van der Waals surface area contributed by atoms with Gasteiger partial charge in [0.05, 0.1) is 6.54 Å². The summed E-state index contributed by atoms with van der Waals surface area (Å²) in [5.41, 5.74) is 3.17. The molecule has 1 aliphatic heterocycles. The normalized spacial score (nSPS) is 15.2. The first kappa shape index (κ1) is 18.0. The summed E-state index contributed by atoms with van der Waals surface area (Å²) < 4.78 is 1.15. The van der Waals surface area contributed by atoms with Crippen LogP contribution in [0.4, 0.5) is 11.4 Å². The summed E-state index contributed by atoms with van der Waals surface area (Å²) in [5.74, 6) is 0.308. The molecular formula is C19H22IN3O2. The van der Waals surface area contributed by atoms with Crippen LogP contribution in [-0.4, -0.2) is 48.6 Å². The number of amides is 1. The molecule has 0 bridgehead atoms. The third-order valence-electron chi connectivity index (χ3n) is 4.41. The highest BCUT2D eigenvalue weighted by atomic mass is 127. The fraction of sp³-hybridized carbons (Fsp3) is 0.316. The third kappa shape index (κ3) is 4.85. The van der Waals surface area contributed by atoms with Gasteiger partial charge in [0.2, 0.25) is 5.91 Å². The summed E-state index contributed by atoms with van der Waals surface area (Å²) in [7, 11) is 0. The number of hydrogen-bond donors (Lipinski definition) is 2. The quantitative estimate of drug-likeness (QED) is 0.702. The zero-order valence-corrected chi connectivity index (χ0v) is 16.4. The summed E-state index contributed by atoms with van der Waals surface area (Å²) in [5, 5.41) is 12.4. The van der Waals surface area contributed by atoms with Gasteiger partial charge in [0, 0.05) is 41.1 Å². The SMILES string of the molecule is Cc1ccc(NC(=O)CN2CCN(c3ccc(O)cc3)CC2)cc1I. The molecule has 0 spiro atoms. The van der Waals surface area contributed by atoms with E-state index in [0.29, 0.717) is 6.54 Å². The van der Waals surface area contributed by atoms with E-state index < -0.39 is 0 Å². The van der Waals surface area contributed by atoms with Crippen molar-refractivity contribution in [2.45, 2.75) is 6.92 Å². The summed E-state index contributed by atoms with van der Waals surface area (Å²) in [6.07, 6.45) is 0. The minimum atomic E-state index is 0.0257. The minimum absolute atomic E-state index is 0.0257. The lowest BCUT2D eigenvalue weighted by Crippen LogP contribution is -2.48. The first-order valence-corrected chi connectivity index (χ1v) is 9.41. The number of halogens is 1. The largest absolute Gasteiger partial charge is 0.508 e. The van der Waals surface area contributed by atoms with Crippen molar-refractivity contribution in [1.82, 2.24) is 4.90 Å². The van der Waals surface area contributed by atoms with Crippen molar-refractivity contribution in [3.63, 3.8) is 0 Å². The van der Waals surface area contributed by atoms with Crippen LogP contribution in [0.2, 0.25) is 0 Å². The van der Waals surface area contributed by atoms with Crippen LogP contribution in [-0.2, 0) is 4.79 Å². The molecule has 5 nitrogen and oxygen atoms in total. The molecule has 2 N–H and O–H groups in total. The van der Waals surface area contributed by atoms with Crippen LogP contribution in [0.15, 0.2) is 42.5 Å². The van der Waals surface area contributed by atoms with Crippen molar-refractivity contribution in [3.05, 3.63) is 51.6 Å². The number of hydrogen-bond acceptors (Lipinski definition) is 4. The second-order valence-electron chi connectivity index (χ2n) is 6.29. The maximum absolute atomic E-state index is 12.3. The Morgan fingerprint density at radius 1 is 1.12 bits per heavy atom. The Balaban J connectivity index is 1.49. The van der Waals surface area contributed by atoms with Crippen LogP contribution in [0.3, 0.4) is 0 Å². The highest BCUT2D eigenvalue weighted by Gasteiger charge is 2.19. The number of carbonyl (C=O) groups excluding carboxylic acids is 1. The molecule has 0 aliphatic carbocycles. The lowest BCUT2D eigenvalue weighted by molar-refractivity contribution is -0.117. The first-order chi connectivity index (χ1) is 12.0. The van der Waals surface area contributed by atoms with Crippen LogP contribution in [0.1, 0.15) is 5.56 Å². The maximum Gasteiger partial charge on any atom is 0.238 e. The topological polar surface area (TPSA) is 55.8 Å². The second kappa shape index (κ2) is 8.05. The van der Waals surface area contributed by atoms with E-state index in [2.05, 4.69) is 44.6 Å². The van der Waals surface area contributed by atoms with Gasteiger partial charge in [-0.1, -0.05) is 6.07 Å². The predicted molar refractivity (Wildman–Crippen MR) is 109 cm³/mol. The van der Waals surface area contributed by atoms with E-state index in [1.807, 2.05) is 30.3 Å². The number of nitrogens with zero attached hydrogens (tertiary/aromatic N) is 2. The van der Waals surface area contributed by atoms with Crippen molar-refractivity contribution in [2.24, 2.45) is 0 Å². The number of anilines is 2. The van der Waals surface area contributed by atoms with Gasteiger partial charge in [0.25, 0.3) is 0 Å². The molecule has 132 valence electrons. The number of phenolic OH excluding ortho intramolecular Hbond substituents is 1. The summed E-state index contributed by atoms with van der Waals surface area (Å²) >= 11 is 2.28. The molecule has 0 saturated carbocycles. The number of carbonyl (C=O) groups is 1. The van der Waals surface area contributed by atoms with Crippen LogP contribution in [0.5, 0.6) is 5.75 Å². The smallest absolute Gasteiger partial charge is 0.238 e. The van der Waals surface area contributed by atoms with Crippen molar-refractivity contribution in [1.29, 1.82) is 0 Å². The zero-order valence-electron chi connectivity index (χ0n) is 14.2. The highest BCUT2D eigenvalue weighted by Crippen LogP contribution is 2.20. The van der Waals surface area contributed by atoms with Gasteiger partial charge in [0.15, 0.2) is 0 Å². The van der Waals surface area contributed by atoms with Crippen molar-refractivity contribution in [2.75, 3.05) is 42.9 Å². The van der Waals surface area contributed by atoms with Crippen LogP contribution in [0.25, 0.3) is 0 Å². The van der Waals surface area contributed by atoms with Gasteiger partial charge in [-0.3, -0.25) is 9.69 Å². The standard InChI is InChI=1S/C19H22IN3O2/c1-14-2-3-15(12-18(14)20)21-19(25)13-22-8-10-23(11-9-22)16-4-6-17(24)7-5-16/h2-7,12,24H,8-11,13H2,1H3,(H,21,25). The summed E-state index contributed by atoms with van der Waals surface area (Å²) in [6.45, 7) is 5.91. The van der Waals surface area contributed by atoms with Crippen LogP contribution >= 0.6 is 22.6 Å². The van der Waals surface area contributed by atoms with E-state index in [0.717, 1.165) is 41.1 Å². The Morgan fingerprint density at radius 2 is 1.80 bits per heavy atom. The molecule has 0 atom stereocenters. The number of aromatic hydroxyl groups is 1. The highest BCUT2D eigenvalue weighted by molar-refractivity contribution is 14.1. The van der Waals surface area contributed by atoms with Gasteiger partial charge in [-0.15, -0.1) is 0 Å². The van der Waals surface area contributed by atoms with E-state index in [1.165, 1.54) is 5.56 Å². The lowest BCUT2D eigenvalue weighted by Gasteiger charge is -2.35. The Morgan fingerprint density at radius 3 is 2.44 bits per heavy atom. The molecule has 6 heteroatoms. The number of piperazine rings is 1. The molecule has 0 aromatic heterocycles. The average Bonchev–Trinajstić information content (AvgIpc) is 2.60. The van der Waals surface area contributed by atoms with Crippen LogP contribution < -0.4 is 10.2 Å². The molecule has 1 saturated heterocycles. The van der Waals surface area contributed by atoms with Crippen molar-refractivity contribution >= 4 is 39.9 Å². The second-order valence-corrected chi connectivity index (χ2v) is 7.45. The zero-order chi connectivity index (χ0) is 17.8. The summed E-state index contributed by atoms with van der Waals surface area (Å²) in [6, 6.07) is 13.2. The van der Waals surface area contributed by atoms with Gasteiger partial charge < -0.3 is 15.3 Å². The van der Waals surface area contributed by atoms with Gasteiger partial charge in [-0.25, -0.2) is 0 Å². The first-order valence-electron chi connectivity index (χ1n) is 8.33. The summed E-state index contributed by atoms with van der Waals surface area (Å²) in [4.78, 5) is 16.7. The predicted octanol–water partition coefficient (Wildman–Crippen LogP) is 3.07. The fourth-order valence-electron chi connectivity index (χ4n) is 2.90. The Bertz CT molecular complexity index is 741. The monoisotopic (exact) mass is 451 g/mol. The molecule has 25 heavy (non-hydrogen) atoms.